The molecule has 1 unspecified atom stereocenters. The monoisotopic (exact) mass is 222 g/mol. The Hall–Kier alpha value is -1.48. The van der Waals surface area contributed by atoms with Crippen LogP contribution in [0.3, 0.4) is 0 Å². The summed E-state index contributed by atoms with van der Waals surface area (Å²) in [6, 6.07) is 5.42. The zero-order valence-corrected chi connectivity index (χ0v) is 9.77. The molecule has 0 saturated carbocycles. The summed E-state index contributed by atoms with van der Waals surface area (Å²) in [6.07, 6.45) is 2.09. The van der Waals surface area contributed by atoms with Gasteiger partial charge in [-0.15, -0.1) is 6.58 Å². The summed E-state index contributed by atoms with van der Waals surface area (Å²) in [5.41, 5.74) is 0.813. The molecule has 1 aromatic carbocycles. The first-order valence-electron chi connectivity index (χ1n) is 5.28. The quantitative estimate of drug-likeness (QED) is 0.594. The van der Waals surface area contributed by atoms with Crippen LogP contribution in [0.4, 0.5) is 0 Å². The molecule has 3 heteroatoms. The summed E-state index contributed by atoms with van der Waals surface area (Å²) in [4.78, 5) is 0. The van der Waals surface area contributed by atoms with Crippen LogP contribution in [0.1, 0.15) is 25.0 Å². The molecule has 1 aromatic rings. The first-order chi connectivity index (χ1) is 7.69. The zero-order valence-electron chi connectivity index (χ0n) is 9.77. The smallest absolute Gasteiger partial charge is 0.161 e. The second kappa shape index (κ2) is 6.18. The van der Waals surface area contributed by atoms with Crippen LogP contribution < -0.4 is 9.47 Å². The third kappa shape index (κ3) is 3.28. The zero-order chi connectivity index (χ0) is 12.0. The van der Waals surface area contributed by atoms with Crippen molar-refractivity contribution in [1.82, 2.24) is 0 Å². The predicted octanol–water partition coefficient (Wildman–Crippen LogP) is 2.70. The van der Waals surface area contributed by atoms with Crippen molar-refractivity contribution in [2.75, 3.05) is 13.7 Å². The van der Waals surface area contributed by atoms with Gasteiger partial charge in [0.25, 0.3) is 0 Å². The normalized spacial score (nSPS) is 11.9. The molecule has 1 N–H and O–H groups in total. The van der Waals surface area contributed by atoms with Crippen LogP contribution in [0.5, 0.6) is 11.5 Å². The third-order valence-corrected chi connectivity index (χ3v) is 2.25. The summed E-state index contributed by atoms with van der Waals surface area (Å²) in [7, 11) is 1.58. The van der Waals surface area contributed by atoms with Crippen molar-refractivity contribution >= 4 is 0 Å². The highest BCUT2D eigenvalue weighted by molar-refractivity contribution is 5.43. The Morgan fingerprint density at radius 3 is 2.75 bits per heavy atom. The van der Waals surface area contributed by atoms with Gasteiger partial charge in [-0.3, -0.25) is 0 Å². The summed E-state index contributed by atoms with van der Waals surface area (Å²) in [6.45, 7) is 5.92. The predicted molar refractivity (Wildman–Crippen MR) is 63.9 cm³/mol. The van der Waals surface area contributed by atoms with E-state index in [0.717, 1.165) is 12.0 Å². The first-order valence-corrected chi connectivity index (χ1v) is 5.28. The van der Waals surface area contributed by atoms with Gasteiger partial charge in [0.2, 0.25) is 0 Å². The van der Waals surface area contributed by atoms with Gasteiger partial charge >= 0.3 is 0 Å². The lowest BCUT2D eigenvalue weighted by atomic mass is 10.1. The Balaban J connectivity index is 2.80. The lowest BCUT2D eigenvalue weighted by Crippen LogP contribution is -1.99. The number of ether oxygens (including phenoxy) is 2. The molecule has 0 aliphatic carbocycles. The van der Waals surface area contributed by atoms with Crippen molar-refractivity contribution in [3.05, 3.63) is 36.4 Å². The molecule has 0 fully saturated rings. The molecule has 0 bridgehead atoms. The molecule has 3 nitrogen and oxygen atoms in total. The van der Waals surface area contributed by atoms with E-state index < -0.39 is 6.10 Å². The molecule has 88 valence electrons. The molecule has 0 aliphatic rings. The lowest BCUT2D eigenvalue weighted by molar-refractivity contribution is 0.198. The van der Waals surface area contributed by atoms with E-state index in [0.29, 0.717) is 18.1 Å². The molecule has 0 saturated heterocycles. The molecule has 0 spiro atoms. The maximum absolute atomic E-state index is 9.44. The SMILES string of the molecule is C=CCCOc1ccc(C(C)O)cc1OC. The number of benzene rings is 1. The van der Waals surface area contributed by atoms with E-state index in [1.54, 1.807) is 26.2 Å². The topological polar surface area (TPSA) is 38.7 Å². The van der Waals surface area contributed by atoms with Gasteiger partial charge < -0.3 is 14.6 Å². The third-order valence-electron chi connectivity index (χ3n) is 2.25. The highest BCUT2D eigenvalue weighted by Gasteiger charge is 2.08. The van der Waals surface area contributed by atoms with Crippen molar-refractivity contribution < 1.29 is 14.6 Å². The van der Waals surface area contributed by atoms with E-state index in [1.165, 1.54) is 0 Å². The van der Waals surface area contributed by atoms with Gasteiger partial charge in [0.05, 0.1) is 19.8 Å². The van der Waals surface area contributed by atoms with Crippen LogP contribution in [-0.2, 0) is 0 Å². The van der Waals surface area contributed by atoms with Crippen molar-refractivity contribution in [3.8, 4) is 11.5 Å². The van der Waals surface area contributed by atoms with Crippen LogP contribution in [0, 0.1) is 0 Å². The molecule has 1 rings (SSSR count). The fourth-order valence-corrected chi connectivity index (χ4v) is 1.32. The second-order valence-corrected chi connectivity index (χ2v) is 3.51. The van der Waals surface area contributed by atoms with Gasteiger partial charge in [0.15, 0.2) is 11.5 Å². The molecule has 0 heterocycles. The molecule has 16 heavy (non-hydrogen) atoms. The molecule has 0 radical (unpaired) electrons. The van der Waals surface area contributed by atoms with E-state index in [1.807, 2.05) is 12.1 Å². The highest BCUT2D eigenvalue weighted by atomic mass is 16.5. The van der Waals surface area contributed by atoms with Gasteiger partial charge in [0.1, 0.15) is 0 Å². The second-order valence-electron chi connectivity index (χ2n) is 3.51. The van der Waals surface area contributed by atoms with Gasteiger partial charge in [-0.25, -0.2) is 0 Å². The van der Waals surface area contributed by atoms with Crippen molar-refractivity contribution in [3.63, 3.8) is 0 Å². The maximum atomic E-state index is 9.44. The average molecular weight is 222 g/mol. The Morgan fingerprint density at radius 1 is 1.44 bits per heavy atom. The summed E-state index contributed by atoms with van der Waals surface area (Å²) >= 11 is 0. The fraction of sp³-hybridized carbons (Fsp3) is 0.385. The molecular weight excluding hydrogens is 204 g/mol. The minimum atomic E-state index is -0.504. The van der Waals surface area contributed by atoms with Gasteiger partial charge in [-0.1, -0.05) is 12.1 Å². The Bertz CT molecular complexity index is 345. The van der Waals surface area contributed by atoms with Crippen LogP contribution in [-0.4, -0.2) is 18.8 Å². The number of hydrogen-bond donors (Lipinski definition) is 1. The number of aliphatic hydroxyl groups excluding tert-OH is 1. The Labute approximate surface area is 96.3 Å². The van der Waals surface area contributed by atoms with Crippen molar-refractivity contribution in [1.29, 1.82) is 0 Å². The molecule has 1 atom stereocenters. The molecular formula is C13H18O3. The molecule has 0 aliphatic heterocycles. The van der Waals surface area contributed by atoms with Gasteiger partial charge in [-0.2, -0.15) is 0 Å². The summed E-state index contributed by atoms with van der Waals surface area (Å²) < 4.78 is 10.7. The van der Waals surface area contributed by atoms with Gasteiger partial charge in [0, 0.05) is 0 Å². The molecule has 0 amide bonds. The molecule has 0 aromatic heterocycles. The summed E-state index contributed by atoms with van der Waals surface area (Å²) in [5.74, 6) is 1.33. The minimum Gasteiger partial charge on any atom is -0.493 e. The number of aliphatic hydroxyl groups is 1. The van der Waals surface area contributed by atoms with Crippen molar-refractivity contribution in [2.24, 2.45) is 0 Å². The standard InChI is InChI=1S/C13H18O3/c1-4-5-8-16-12-7-6-11(10(2)14)9-13(12)15-3/h4,6-7,9-10,14H,1,5,8H2,2-3H3. The number of hydrogen-bond acceptors (Lipinski definition) is 3. The van der Waals surface area contributed by atoms with E-state index >= 15 is 0 Å². The van der Waals surface area contributed by atoms with Crippen LogP contribution in [0.25, 0.3) is 0 Å². The lowest BCUT2D eigenvalue weighted by Gasteiger charge is -2.12. The van der Waals surface area contributed by atoms with E-state index in [9.17, 15) is 5.11 Å². The van der Waals surface area contributed by atoms with Crippen LogP contribution >= 0.6 is 0 Å². The maximum Gasteiger partial charge on any atom is 0.161 e. The minimum absolute atomic E-state index is 0.504. The Morgan fingerprint density at radius 2 is 2.19 bits per heavy atom. The van der Waals surface area contributed by atoms with E-state index in [4.69, 9.17) is 9.47 Å². The Kier molecular flexibility index (Phi) is 4.86. The average Bonchev–Trinajstić information content (AvgIpc) is 2.29. The highest BCUT2D eigenvalue weighted by Crippen LogP contribution is 2.30. The van der Waals surface area contributed by atoms with Gasteiger partial charge in [-0.05, 0) is 31.0 Å². The number of methoxy groups -OCH3 is 1. The van der Waals surface area contributed by atoms with Crippen LogP contribution in [0.2, 0.25) is 0 Å². The van der Waals surface area contributed by atoms with Crippen LogP contribution in [0.15, 0.2) is 30.9 Å². The first kappa shape index (κ1) is 12.6. The van der Waals surface area contributed by atoms with E-state index in [-0.39, 0.29) is 0 Å². The fourth-order valence-electron chi connectivity index (χ4n) is 1.32. The van der Waals surface area contributed by atoms with E-state index in [2.05, 4.69) is 6.58 Å². The number of rotatable bonds is 6. The van der Waals surface area contributed by atoms with Crippen molar-refractivity contribution in [2.45, 2.75) is 19.4 Å². The largest absolute Gasteiger partial charge is 0.493 e. The summed E-state index contributed by atoms with van der Waals surface area (Å²) in [5, 5.41) is 9.44.